The average molecular weight is 495 g/mol. The maximum absolute atomic E-state index is 14.0. The topological polar surface area (TPSA) is 70.5 Å². The van der Waals surface area contributed by atoms with Crippen molar-refractivity contribution >= 4 is 21.4 Å². The Morgan fingerprint density at radius 3 is 1.97 bits per heavy atom. The Morgan fingerprint density at radius 1 is 1.06 bits per heavy atom. The van der Waals surface area contributed by atoms with Crippen LogP contribution in [0.2, 0.25) is 0 Å². The molecular formula is C18H24F6N2O3S2. The Balaban J connectivity index is 2.33. The normalized spacial score (nSPS) is 21.0. The van der Waals surface area contributed by atoms with Gasteiger partial charge in [0, 0.05) is 5.54 Å². The molecule has 1 heterocycles. The van der Waals surface area contributed by atoms with Crippen molar-refractivity contribution in [3.63, 3.8) is 0 Å². The molecule has 0 saturated heterocycles. The smallest absolute Gasteiger partial charge is 0.360 e. The van der Waals surface area contributed by atoms with Crippen molar-refractivity contribution in [2.45, 2.75) is 93.0 Å². The first-order valence-electron chi connectivity index (χ1n) is 9.92. The van der Waals surface area contributed by atoms with Crippen LogP contribution >= 0.6 is 11.3 Å². The Labute approximate surface area is 180 Å². The van der Waals surface area contributed by atoms with Gasteiger partial charge in [0.05, 0.1) is 10.7 Å². The number of rotatable bonds is 6. The van der Waals surface area contributed by atoms with Gasteiger partial charge in [-0.3, -0.25) is 0 Å². The molecule has 0 bridgehead atoms. The van der Waals surface area contributed by atoms with E-state index in [2.05, 4.69) is 4.98 Å². The third kappa shape index (κ3) is 4.22. The summed E-state index contributed by atoms with van der Waals surface area (Å²) in [6.45, 7) is 2.62. The molecule has 2 saturated carbocycles. The van der Waals surface area contributed by atoms with Gasteiger partial charge in [0.15, 0.2) is 4.21 Å². The Morgan fingerprint density at radius 2 is 1.58 bits per heavy atom. The molecule has 0 radical (unpaired) electrons. The first-order chi connectivity index (χ1) is 14.1. The lowest BCUT2D eigenvalue weighted by atomic mass is 9.77. The molecule has 0 unspecified atom stereocenters. The number of alkyl halides is 6. The molecular weight excluding hydrogens is 470 g/mol. The molecule has 178 valence electrons. The second-order valence-corrected chi connectivity index (χ2v) is 11.7. The molecule has 1 N–H and O–H groups in total. The molecule has 2 aliphatic carbocycles. The number of thiazole rings is 1. The van der Waals surface area contributed by atoms with E-state index in [4.69, 9.17) is 0 Å². The van der Waals surface area contributed by atoms with Crippen molar-refractivity contribution in [3.8, 4) is 0 Å². The van der Waals surface area contributed by atoms with Crippen LogP contribution in [0.4, 0.5) is 26.3 Å². The minimum atomic E-state index is -6.31. The fourth-order valence-electron chi connectivity index (χ4n) is 4.56. The highest BCUT2D eigenvalue weighted by molar-refractivity contribution is 7.91. The van der Waals surface area contributed by atoms with E-state index in [0.717, 1.165) is 0 Å². The average Bonchev–Trinajstić information content (AvgIpc) is 3.34. The Kier molecular flexibility index (Phi) is 6.25. The van der Waals surface area contributed by atoms with Crippen molar-refractivity contribution in [1.29, 1.82) is 0 Å². The van der Waals surface area contributed by atoms with E-state index in [1.165, 1.54) is 13.8 Å². The number of nitrogens with zero attached hydrogens (tertiary/aromatic N) is 2. The highest BCUT2D eigenvalue weighted by Crippen LogP contribution is 2.56. The van der Waals surface area contributed by atoms with Gasteiger partial charge >= 0.3 is 18.1 Å². The summed E-state index contributed by atoms with van der Waals surface area (Å²) >= 11 is 0.498. The van der Waals surface area contributed by atoms with Crippen molar-refractivity contribution in [2.24, 2.45) is 5.92 Å². The van der Waals surface area contributed by atoms with Gasteiger partial charge in [0.2, 0.25) is 0 Å². The summed E-state index contributed by atoms with van der Waals surface area (Å²) in [5.74, 6) is -0.175. The lowest BCUT2D eigenvalue weighted by molar-refractivity contribution is -0.412. The summed E-state index contributed by atoms with van der Waals surface area (Å²) < 4.78 is 110. The van der Waals surface area contributed by atoms with Crippen LogP contribution in [0.15, 0.2) is 4.21 Å². The fraction of sp³-hybridized carbons (Fsp3) is 0.833. The van der Waals surface area contributed by atoms with Gasteiger partial charge in [-0.05, 0) is 39.0 Å². The first-order valence-corrected chi connectivity index (χ1v) is 12.2. The summed E-state index contributed by atoms with van der Waals surface area (Å²) in [5, 5.41) is 10.5. The van der Waals surface area contributed by atoms with Crippen LogP contribution < -0.4 is 0 Å². The molecule has 2 fully saturated rings. The van der Waals surface area contributed by atoms with Gasteiger partial charge in [-0.1, -0.05) is 32.1 Å². The van der Waals surface area contributed by atoms with E-state index in [-0.39, 0.29) is 48.7 Å². The molecule has 0 atom stereocenters. The van der Waals surface area contributed by atoms with Crippen molar-refractivity contribution in [3.05, 3.63) is 10.7 Å². The summed E-state index contributed by atoms with van der Waals surface area (Å²) in [6.07, 6.45) is -10.8. The van der Waals surface area contributed by atoms with Crippen LogP contribution in [0.25, 0.3) is 0 Å². The van der Waals surface area contributed by atoms with Gasteiger partial charge in [-0.15, -0.1) is 15.6 Å². The monoisotopic (exact) mass is 494 g/mol. The molecule has 31 heavy (non-hydrogen) atoms. The lowest BCUT2D eigenvalue weighted by Crippen LogP contribution is -2.74. The molecule has 0 amide bonds. The number of hydrogen-bond acceptors (Lipinski definition) is 5. The lowest BCUT2D eigenvalue weighted by Gasteiger charge is -2.52. The van der Waals surface area contributed by atoms with Crippen molar-refractivity contribution in [1.82, 2.24) is 9.29 Å². The van der Waals surface area contributed by atoms with E-state index in [9.17, 15) is 39.9 Å². The molecule has 13 heteroatoms. The summed E-state index contributed by atoms with van der Waals surface area (Å²) in [7, 11) is -5.41. The maximum atomic E-state index is 14.0. The maximum Gasteiger partial charge on any atom is 0.441 e. The highest BCUT2D eigenvalue weighted by Gasteiger charge is 2.79. The Bertz CT molecular complexity index is 902. The minimum Gasteiger partial charge on any atom is -0.360 e. The summed E-state index contributed by atoms with van der Waals surface area (Å²) in [4.78, 5) is 3.88. The molecule has 0 spiro atoms. The van der Waals surface area contributed by atoms with Gasteiger partial charge in [-0.2, -0.15) is 26.3 Å². The van der Waals surface area contributed by atoms with Crippen molar-refractivity contribution in [2.75, 3.05) is 0 Å². The van der Waals surface area contributed by atoms with Gasteiger partial charge in [-0.25, -0.2) is 13.4 Å². The molecule has 1 aromatic rings. The highest BCUT2D eigenvalue weighted by atomic mass is 32.2. The molecule has 5 nitrogen and oxygen atoms in total. The summed E-state index contributed by atoms with van der Waals surface area (Å²) in [6, 6.07) is 0. The quantitative estimate of drug-likeness (QED) is 0.443. The second-order valence-electron chi connectivity index (χ2n) is 8.48. The van der Waals surface area contributed by atoms with Gasteiger partial charge in [0.25, 0.3) is 10.0 Å². The standard InChI is InChI=1S/C18H24F6N2O3S2/c1-11-14(30-12(2)25-11)31(28,29)26(16(27,17(19,20)21)18(22,23)24)15(10-13-6-7-13)8-4-3-5-9-15/h13,27H,3-10H2,1-2H3. The second kappa shape index (κ2) is 7.84. The van der Waals surface area contributed by atoms with E-state index < -0.39 is 42.2 Å². The van der Waals surface area contributed by atoms with Crippen LogP contribution in [0.1, 0.15) is 62.1 Å². The molecule has 0 aliphatic heterocycles. The fourth-order valence-corrected chi connectivity index (χ4v) is 8.11. The SMILES string of the molecule is Cc1nc(C)c(S(=O)(=O)N(C2(CC3CC3)CCCCC2)C(O)(C(F)(F)F)C(F)(F)F)s1. The molecule has 3 rings (SSSR count). The Hall–Kier alpha value is -0.920. The van der Waals surface area contributed by atoms with Crippen LogP contribution in [-0.4, -0.2) is 46.4 Å². The number of aliphatic hydroxyl groups is 1. The van der Waals surface area contributed by atoms with Gasteiger partial charge < -0.3 is 5.11 Å². The third-order valence-electron chi connectivity index (χ3n) is 6.00. The zero-order valence-electron chi connectivity index (χ0n) is 17.0. The number of aromatic nitrogens is 1. The van der Waals surface area contributed by atoms with Crippen LogP contribution in [-0.2, 0) is 10.0 Å². The number of halogens is 6. The zero-order valence-corrected chi connectivity index (χ0v) is 18.6. The first kappa shape index (κ1) is 24.7. The molecule has 2 aliphatic rings. The number of aryl methyl sites for hydroxylation is 2. The van der Waals surface area contributed by atoms with Crippen molar-refractivity contribution < 1.29 is 39.9 Å². The van der Waals surface area contributed by atoms with E-state index in [1.54, 1.807) is 0 Å². The summed E-state index contributed by atoms with van der Waals surface area (Å²) in [5.41, 5.74) is -7.76. The minimum absolute atomic E-state index is 0.155. The zero-order chi connectivity index (χ0) is 23.5. The van der Waals surface area contributed by atoms with E-state index in [1.807, 2.05) is 0 Å². The predicted molar refractivity (Wildman–Crippen MR) is 101 cm³/mol. The van der Waals surface area contributed by atoms with E-state index >= 15 is 0 Å². The molecule has 0 aromatic carbocycles. The van der Waals surface area contributed by atoms with Crippen LogP contribution in [0, 0.1) is 19.8 Å². The van der Waals surface area contributed by atoms with E-state index in [0.29, 0.717) is 30.6 Å². The van der Waals surface area contributed by atoms with Crippen LogP contribution in [0.3, 0.4) is 0 Å². The van der Waals surface area contributed by atoms with Gasteiger partial charge in [0.1, 0.15) is 0 Å². The number of sulfonamides is 1. The van der Waals surface area contributed by atoms with Crippen LogP contribution in [0.5, 0.6) is 0 Å². The number of hydrogen-bond donors (Lipinski definition) is 1. The predicted octanol–water partition coefficient (Wildman–Crippen LogP) is 5.07. The third-order valence-corrected chi connectivity index (χ3v) is 9.65. The largest absolute Gasteiger partial charge is 0.441 e. The molecule has 1 aromatic heterocycles.